The minimum Gasteiger partial charge on any atom is -0.476 e. The molecule has 2 aromatic rings. The molecule has 0 spiro atoms. The Morgan fingerprint density at radius 2 is 1.76 bits per heavy atom. The average Bonchev–Trinajstić information content (AvgIpc) is 2.41. The van der Waals surface area contributed by atoms with Gasteiger partial charge in [0.2, 0.25) is 5.60 Å². The van der Waals surface area contributed by atoms with Crippen molar-refractivity contribution in [3.63, 3.8) is 0 Å². The summed E-state index contributed by atoms with van der Waals surface area (Å²) in [7, 11) is 0. The smallest absolute Gasteiger partial charge is 0.355 e. The number of esters is 1. The fourth-order valence-corrected chi connectivity index (χ4v) is 2.24. The van der Waals surface area contributed by atoms with E-state index in [9.17, 15) is 4.79 Å². The van der Waals surface area contributed by atoms with Crippen LogP contribution in [0.4, 0.5) is 0 Å². The van der Waals surface area contributed by atoms with Gasteiger partial charge in [-0.2, -0.15) is 0 Å². The molecule has 2 rings (SSSR count). The van der Waals surface area contributed by atoms with Crippen molar-refractivity contribution in [2.75, 3.05) is 0 Å². The van der Waals surface area contributed by atoms with E-state index in [1.807, 2.05) is 12.1 Å². The number of carbonyl (C=O) groups excluding carboxylic acids is 1. The van der Waals surface area contributed by atoms with E-state index in [1.165, 1.54) is 0 Å². The standard InChI is InChI=1S/C16H14ClIO3/c1-16(2,21-13-8-6-11(17)7-9-13)15(19)20-14-5-3-4-12(18)10-14/h3-10H,1-2H3. The predicted molar refractivity (Wildman–Crippen MR) is 91.0 cm³/mol. The first-order valence-corrected chi connectivity index (χ1v) is 7.75. The second-order valence-corrected chi connectivity index (χ2v) is 6.60. The summed E-state index contributed by atoms with van der Waals surface area (Å²) in [5.74, 6) is 0.600. The second-order valence-electron chi connectivity index (χ2n) is 4.91. The van der Waals surface area contributed by atoms with E-state index in [0.717, 1.165) is 3.57 Å². The minimum absolute atomic E-state index is 0.459. The Hall–Kier alpha value is -1.27. The van der Waals surface area contributed by atoms with Crippen LogP contribution < -0.4 is 9.47 Å². The molecule has 0 unspecified atom stereocenters. The summed E-state index contributed by atoms with van der Waals surface area (Å²) < 4.78 is 12.0. The summed E-state index contributed by atoms with van der Waals surface area (Å²) in [6.07, 6.45) is 0. The number of carbonyl (C=O) groups is 1. The van der Waals surface area contributed by atoms with Crippen molar-refractivity contribution < 1.29 is 14.3 Å². The van der Waals surface area contributed by atoms with Crippen LogP contribution in [-0.2, 0) is 4.79 Å². The van der Waals surface area contributed by atoms with Crippen molar-refractivity contribution in [1.29, 1.82) is 0 Å². The van der Waals surface area contributed by atoms with Crippen molar-refractivity contribution in [1.82, 2.24) is 0 Å². The van der Waals surface area contributed by atoms with E-state index in [4.69, 9.17) is 21.1 Å². The highest BCUT2D eigenvalue weighted by atomic mass is 127. The number of rotatable bonds is 4. The van der Waals surface area contributed by atoms with E-state index in [2.05, 4.69) is 22.6 Å². The van der Waals surface area contributed by atoms with Gasteiger partial charge in [-0.25, -0.2) is 4.79 Å². The van der Waals surface area contributed by atoms with Gasteiger partial charge in [0.25, 0.3) is 0 Å². The molecule has 0 radical (unpaired) electrons. The van der Waals surface area contributed by atoms with Crippen LogP contribution in [0.15, 0.2) is 48.5 Å². The maximum absolute atomic E-state index is 12.2. The summed E-state index contributed by atoms with van der Waals surface area (Å²) >= 11 is 7.98. The molecular formula is C16H14ClIO3. The lowest BCUT2D eigenvalue weighted by atomic mass is 10.1. The van der Waals surface area contributed by atoms with Crippen LogP contribution in [-0.4, -0.2) is 11.6 Å². The fourth-order valence-electron chi connectivity index (χ4n) is 1.60. The Morgan fingerprint density at radius 1 is 1.10 bits per heavy atom. The van der Waals surface area contributed by atoms with Crippen LogP contribution in [0.1, 0.15) is 13.8 Å². The summed E-state index contributed by atoms with van der Waals surface area (Å²) in [6.45, 7) is 3.33. The molecule has 3 nitrogen and oxygen atoms in total. The topological polar surface area (TPSA) is 35.5 Å². The lowest BCUT2D eigenvalue weighted by molar-refractivity contribution is -0.149. The quantitative estimate of drug-likeness (QED) is 0.411. The monoisotopic (exact) mass is 416 g/mol. The number of hydrogen-bond acceptors (Lipinski definition) is 3. The van der Waals surface area contributed by atoms with Gasteiger partial charge in [-0.1, -0.05) is 17.7 Å². The Labute approximate surface area is 142 Å². The molecule has 0 heterocycles. The predicted octanol–water partition coefficient (Wildman–Crippen LogP) is 4.71. The van der Waals surface area contributed by atoms with Gasteiger partial charge in [0, 0.05) is 8.59 Å². The Morgan fingerprint density at radius 3 is 2.38 bits per heavy atom. The summed E-state index contributed by atoms with van der Waals surface area (Å²) in [5.41, 5.74) is -1.10. The van der Waals surface area contributed by atoms with Gasteiger partial charge >= 0.3 is 5.97 Å². The zero-order chi connectivity index (χ0) is 15.5. The van der Waals surface area contributed by atoms with Crippen LogP contribution in [0, 0.1) is 3.57 Å². The van der Waals surface area contributed by atoms with E-state index in [1.54, 1.807) is 50.2 Å². The lowest BCUT2D eigenvalue weighted by Gasteiger charge is -2.24. The maximum atomic E-state index is 12.2. The molecule has 21 heavy (non-hydrogen) atoms. The summed E-state index contributed by atoms with van der Waals surface area (Å²) in [5, 5.41) is 0.613. The summed E-state index contributed by atoms with van der Waals surface area (Å²) in [4.78, 5) is 12.2. The molecule has 0 aliphatic rings. The van der Waals surface area contributed by atoms with Gasteiger partial charge in [0.05, 0.1) is 0 Å². The van der Waals surface area contributed by atoms with E-state index in [0.29, 0.717) is 16.5 Å². The lowest BCUT2D eigenvalue weighted by Crippen LogP contribution is -2.41. The first kappa shape index (κ1) is 16.1. The molecule has 0 saturated carbocycles. The average molecular weight is 417 g/mol. The molecule has 0 aliphatic carbocycles. The van der Waals surface area contributed by atoms with Crippen molar-refractivity contribution in [3.8, 4) is 11.5 Å². The molecule has 0 amide bonds. The molecule has 5 heteroatoms. The number of benzene rings is 2. The van der Waals surface area contributed by atoms with Gasteiger partial charge in [-0.05, 0) is 78.9 Å². The summed E-state index contributed by atoms with van der Waals surface area (Å²) in [6, 6.07) is 14.1. The first-order chi connectivity index (χ1) is 9.87. The van der Waals surface area contributed by atoms with E-state index < -0.39 is 11.6 Å². The molecule has 0 bridgehead atoms. The van der Waals surface area contributed by atoms with Gasteiger partial charge < -0.3 is 9.47 Å². The molecule has 0 saturated heterocycles. The third kappa shape index (κ3) is 4.61. The number of halogens is 2. The highest BCUT2D eigenvalue weighted by molar-refractivity contribution is 14.1. The second kappa shape index (κ2) is 6.66. The third-order valence-corrected chi connectivity index (χ3v) is 3.61. The fraction of sp³-hybridized carbons (Fsp3) is 0.188. The molecule has 0 N–H and O–H groups in total. The Balaban J connectivity index is 2.07. The van der Waals surface area contributed by atoms with Crippen molar-refractivity contribution in [2.24, 2.45) is 0 Å². The molecule has 110 valence electrons. The van der Waals surface area contributed by atoms with Crippen molar-refractivity contribution in [3.05, 3.63) is 57.1 Å². The molecule has 0 fully saturated rings. The highest BCUT2D eigenvalue weighted by Gasteiger charge is 2.32. The van der Waals surface area contributed by atoms with E-state index >= 15 is 0 Å². The van der Waals surface area contributed by atoms with Crippen LogP contribution in [0.2, 0.25) is 5.02 Å². The van der Waals surface area contributed by atoms with Crippen LogP contribution >= 0.6 is 34.2 Å². The first-order valence-electron chi connectivity index (χ1n) is 6.29. The normalized spacial score (nSPS) is 11.0. The molecule has 2 aromatic carbocycles. The number of ether oxygens (including phenoxy) is 2. The van der Waals surface area contributed by atoms with Crippen LogP contribution in [0.25, 0.3) is 0 Å². The number of hydrogen-bond donors (Lipinski definition) is 0. The largest absolute Gasteiger partial charge is 0.476 e. The molecular weight excluding hydrogens is 403 g/mol. The molecule has 0 aliphatic heterocycles. The molecule has 0 aromatic heterocycles. The van der Waals surface area contributed by atoms with Crippen molar-refractivity contribution >= 4 is 40.2 Å². The Bertz CT molecular complexity index is 638. The van der Waals surface area contributed by atoms with Gasteiger partial charge in [-0.3, -0.25) is 0 Å². The van der Waals surface area contributed by atoms with Gasteiger partial charge in [0.15, 0.2) is 0 Å². The van der Waals surface area contributed by atoms with E-state index in [-0.39, 0.29) is 0 Å². The van der Waals surface area contributed by atoms with Gasteiger partial charge in [0.1, 0.15) is 11.5 Å². The zero-order valence-corrected chi connectivity index (χ0v) is 14.5. The Kier molecular flexibility index (Phi) is 5.11. The van der Waals surface area contributed by atoms with Crippen LogP contribution in [0.3, 0.4) is 0 Å². The van der Waals surface area contributed by atoms with Crippen molar-refractivity contribution in [2.45, 2.75) is 19.4 Å². The zero-order valence-electron chi connectivity index (χ0n) is 11.6. The highest BCUT2D eigenvalue weighted by Crippen LogP contribution is 2.23. The maximum Gasteiger partial charge on any atom is 0.355 e. The van der Waals surface area contributed by atoms with Crippen LogP contribution in [0.5, 0.6) is 11.5 Å². The third-order valence-electron chi connectivity index (χ3n) is 2.68. The molecule has 0 atom stereocenters. The minimum atomic E-state index is -1.10. The SMILES string of the molecule is CC(C)(Oc1ccc(Cl)cc1)C(=O)Oc1cccc(I)c1. The van der Waals surface area contributed by atoms with Gasteiger partial charge in [-0.15, -0.1) is 0 Å².